The van der Waals surface area contributed by atoms with Crippen molar-refractivity contribution in [3.8, 4) is 5.75 Å². The summed E-state index contributed by atoms with van der Waals surface area (Å²) >= 11 is 0. The van der Waals surface area contributed by atoms with Crippen LogP contribution in [0.2, 0.25) is 0 Å². The quantitative estimate of drug-likeness (QED) is 0.389. The monoisotopic (exact) mass is 401 g/mol. The van der Waals surface area contributed by atoms with Crippen LogP contribution >= 0.6 is 0 Å². The number of nitrogens with one attached hydrogen (secondary N) is 1. The van der Waals surface area contributed by atoms with Crippen LogP contribution < -0.4 is 15.0 Å². The average molecular weight is 401 g/mol. The minimum absolute atomic E-state index is 0.0195. The average Bonchev–Trinajstić information content (AvgIpc) is 2.71. The summed E-state index contributed by atoms with van der Waals surface area (Å²) in [6.45, 7) is -0.142. The first kappa shape index (κ1) is 21.7. The van der Waals surface area contributed by atoms with Gasteiger partial charge in [-0.05, 0) is 24.1 Å². The van der Waals surface area contributed by atoms with Gasteiger partial charge in [-0.3, -0.25) is 14.9 Å². The first-order chi connectivity index (χ1) is 13.8. The molecule has 0 aliphatic heterocycles. The molecule has 154 valence electrons. The van der Waals surface area contributed by atoms with Gasteiger partial charge in [-0.2, -0.15) is 0 Å². The lowest BCUT2D eigenvalue weighted by Gasteiger charge is -2.16. The van der Waals surface area contributed by atoms with Gasteiger partial charge in [0.25, 0.3) is 11.6 Å². The number of nitrogens with zero attached hydrogens (tertiary/aromatic N) is 2. The van der Waals surface area contributed by atoms with Crippen molar-refractivity contribution in [2.75, 3.05) is 39.3 Å². The molecule has 0 heterocycles. The summed E-state index contributed by atoms with van der Waals surface area (Å²) in [5, 5.41) is 13.6. The summed E-state index contributed by atoms with van der Waals surface area (Å²) in [6.07, 6.45) is 0.555. The van der Waals surface area contributed by atoms with Crippen molar-refractivity contribution in [3.63, 3.8) is 0 Å². The molecule has 0 saturated heterocycles. The zero-order valence-corrected chi connectivity index (χ0v) is 16.5. The Morgan fingerprint density at radius 3 is 2.55 bits per heavy atom. The molecule has 9 heteroatoms. The molecule has 0 aliphatic carbocycles. The molecule has 0 bridgehead atoms. The van der Waals surface area contributed by atoms with Gasteiger partial charge in [-0.25, -0.2) is 4.79 Å². The van der Waals surface area contributed by atoms with E-state index in [-0.39, 0.29) is 11.3 Å². The number of nitro benzene ring substituents is 1. The Labute approximate surface area is 168 Å². The van der Waals surface area contributed by atoms with E-state index >= 15 is 0 Å². The first-order valence-electron chi connectivity index (χ1n) is 8.85. The molecule has 0 unspecified atom stereocenters. The van der Waals surface area contributed by atoms with Crippen LogP contribution in [-0.4, -0.2) is 51.2 Å². The molecule has 29 heavy (non-hydrogen) atoms. The number of esters is 1. The van der Waals surface area contributed by atoms with Crippen molar-refractivity contribution in [1.82, 2.24) is 5.32 Å². The van der Waals surface area contributed by atoms with Gasteiger partial charge < -0.3 is 19.7 Å². The summed E-state index contributed by atoms with van der Waals surface area (Å²) in [4.78, 5) is 36.3. The number of para-hydroxylation sites is 1. The molecule has 0 aromatic heterocycles. The van der Waals surface area contributed by atoms with Crippen LogP contribution in [0, 0.1) is 10.1 Å². The topological polar surface area (TPSA) is 111 Å². The number of nitro groups is 1. The van der Waals surface area contributed by atoms with Gasteiger partial charge in [0.15, 0.2) is 6.61 Å². The molecule has 1 N–H and O–H groups in total. The fraction of sp³-hybridized carbons (Fsp3) is 0.300. The number of carbonyl (C=O) groups excluding carboxylic acids is 2. The molecule has 2 aromatic carbocycles. The van der Waals surface area contributed by atoms with Gasteiger partial charge in [0, 0.05) is 32.8 Å². The molecule has 0 radical (unpaired) electrons. The molecule has 0 atom stereocenters. The molecule has 1 amide bonds. The Morgan fingerprint density at radius 1 is 1.17 bits per heavy atom. The third-order valence-electron chi connectivity index (χ3n) is 4.14. The number of hydrogen-bond acceptors (Lipinski definition) is 7. The molecule has 0 spiro atoms. The Kier molecular flexibility index (Phi) is 7.53. The largest absolute Gasteiger partial charge is 0.496 e. The molecular weight excluding hydrogens is 378 g/mol. The Balaban J connectivity index is 1.92. The van der Waals surface area contributed by atoms with Crippen LogP contribution in [0.3, 0.4) is 0 Å². The zero-order valence-electron chi connectivity index (χ0n) is 16.5. The number of rotatable bonds is 9. The third-order valence-corrected chi connectivity index (χ3v) is 4.14. The van der Waals surface area contributed by atoms with Crippen LogP contribution in [0.5, 0.6) is 5.75 Å². The van der Waals surface area contributed by atoms with Crippen molar-refractivity contribution < 1.29 is 24.0 Å². The lowest BCUT2D eigenvalue weighted by Crippen LogP contribution is -2.30. The smallest absolute Gasteiger partial charge is 0.341 e. The fourth-order valence-electron chi connectivity index (χ4n) is 2.70. The summed E-state index contributed by atoms with van der Waals surface area (Å²) < 4.78 is 10.3. The van der Waals surface area contributed by atoms with E-state index in [1.54, 1.807) is 26.1 Å². The minimum atomic E-state index is -0.808. The lowest BCUT2D eigenvalue weighted by atomic mass is 10.1. The molecule has 9 nitrogen and oxygen atoms in total. The van der Waals surface area contributed by atoms with E-state index < -0.39 is 23.4 Å². The summed E-state index contributed by atoms with van der Waals surface area (Å²) in [7, 11) is 4.97. The first-order valence-corrected chi connectivity index (χ1v) is 8.85. The number of hydrogen-bond donors (Lipinski definition) is 1. The number of ether oxygens (including phenoxy) is 2. The molecular formula is C20H23N3O6. The van der Waals surface area contributed by atoms with Crippen LogP contribution in [0.25, 0.3) is 0 Å². The van der Waals surface area contributed by atoms with E-state index in [1.165, 1.54) is 12.1 Å². The third kappa shape index (κ3) is 5.93. The standard InChI is InChI=1S/C20H23N3O6/c1-22(2)17-9-8-15(23(26)27)12-16(17)20(25)29-13-19(24)21-11-10-14-6-4-5-7-18(14)28-3/h4-9,12H,10-11,13H2,1-3H3,(H,21,24). The van der Waals surface area contributed by atoms with Gasteiger partial charge in [-0.1, -0.05) is 18.2 Å². The van der Waals surface area contributed by atoms with Crippen LogP contribution in [0.4, 0.5) is 11.4 Å². The number of anilines is 1. The predicted molar refractivity (Wildman–Crippen MR) is 107 cm³/mol. The van der Waals surface area contributed by atoms with Crippen LogP contribution in [0.15, 0.2) is 42.5 Å². The highest BCUT2D eigenvalue weighted by molar-refractivity contribution is 5.97. The highest BCUT2D eigenvalue weighted by atomic mass is 16.6. The second-order valence-corrected chi connectivity index (χ2v) is 6.34. The zero-order chi connectivity index (χ0) is 21.4. The maximum absolute atomic E-state index is 12.4. The highest BCUT2D eigenvalue weighted by Crippen LogP contribution is 2.25. The van der Waals surface area contributed by atoms with Gasteiger partial charge in [0.2, 0.25) is 0 Å². The van der Waals surface area contributed by atoms with E-state index in [1.807, 2.05) is 24.3 Å². The number of carbonyl (C=O) groups is 2. The fourth-order valence-corrected chi connectivity index (χ4v) is 2.70. The Hall–Kier alpha value is -3.62. The van der Waals surface area contributed by atoms with E-state index in [2.05, 4.69) is 5.32 Å². The minimum Gasteiger partial charge on any atom is -0.496 e. The van der Waals surface area contributed by atoms with Crippen molar-refractivity contribution in [2.45, 2.75) is 6.42 Å². The van der Waals surface area contributed by atoms with E-state index in [9.17, 15) is 19.7 Å². The van der Waals surface area contributed by atoms with Gasteiger partial charge in [0.05, 0.1) is 23.3 Å². The maximum Gasteiger partial charge on any atom is 0.341 e. The molecule has 2 aromatic rings. The van der Waals surface area contributed by atoms with Gasteiger partial charge >= 0.3 is 5.97 Å². The molecule has 2 rings (SSSR count). The molecule has 0 aliphatic rings. The lowest BCUT2D eigenvalue weighted by molar-refractivity contribution is -0.384. The molecule has 0 fully saturated rings. The van der Waals surface area contributed by atoms with Crippen molar-refractivity contribution in [3.05, 3.63) is 63.7 Å². The summed E-state index contributed by atoms with van der Waals surface area (Å²) in [5.74, 6) is -0.544. The van der Waals surface area contributed by atoms with Crippen molar-refractivity contribution in [1.29, 1.82) is 0 Å². The van der Waals surface area contributed by atoms with Crippen LogP contribution in [-0.2, 0) is 16.0 Å². The summed E-state index contributed by atoms with van der Waals surface area (Å²) in [5.41, 5.74) is 1.19. The van der Waals surface area contributed by atoms with E-state index in [0.717, 1.165) is 17.4 Å². The number of amides is 1. The SMILES string of the molecule is COc1ccccc1CCNC(=O)COC(=O)c1cc([N+](=O)[O-])ccc1N(C)C. The normalized spacial score (nSPS) is 10.2. The Morgan fingerprint density at radius 2 is 1.90 bits per heavy atom. The van der Waals surface area contributed by atoms with E-state index in [4.69, 9.17) is 9.47 Å². The Bertz CT molecular complexity index is 898. The maximum atomic E-state index is 12.4. The number of non-ortho nitro benzene ring substituents is 1. The molecule has 0 saturated carbocycles. The van der Waals surface area contributed by atoms with Crippen molar-refractivity contribution in [2.24, 2.45) is 0 Å². The predicted octanol–water partition coefficient (Wildman–Crippen LogP) is 2.19. The second kappa shape index (κ2) is 10.1. The number of benzene rings is 2. The van der Waals surface area contributed by atoms with Gasteiger partial charge in [0.1, 0.15) is 5.75 Å². The van der Waals surface area contributed by atoms with Gasteiger partial charge in [-0.15, -0.1) is 0 Å². The highest BCUT2D eigenvalue weighted by Gasteiger charge is 2.20. The number of methoxy groups -OCH3 is 1. The van der Waals surface area contributed by atoms with Crippen molar-refractivity contribution >= 4 is 23.3 Å². The van der Waals surface area contributed by atoms with E-state index in [0.29, 0.717) is 18.7 Å². The summed E-state index contributed by atoms with van der Waals surface area (Å²) in [6, 6.07) is 11.4. The van der Waals surface area contributed by atoms with Crippen LogP contribution in [0.1, 0.15) is 15.9 Å². The second-order valence-electron chi connectivity index (χ2n) is 6.34.